The Balaban J connectivity index is -0.000000109. The lowest BCUT2D eigenvalue weighted by Crippen LogP contribution is -1.51. The lowest BCUT2D eigenvalue weighted by atomic mass is 10.4. The zero-order chi connectivity index (χ0) is 6.83. The third-order valence-corrected chi connectivity index (χ3v) is 0.638. The first-order valence-electron chi connectivity index (χ1n) is 3.56. The van der Waals surface area contributed by atoms with E-state index in [1.165, 1.54) is 12.8 Å². The molecule has 0 N–H and O–H groups in total. The van der Waals surface area contributed by atoms with Crippen LogP contribution in [0, 0.1) is 0 Å². The molecule has 0 aliphatic rings. The van der Waals surface area contributed by atoms with E-state index in [-0.39, 0.29) is 7.43 Å². The van der Waals surface area contributed by atoms with Crippen LogP contribution in [0.5, 0.6) is 0 Å². The summed E-state index contributed by atoms with van der Waals surface area (Å²) < 4.78 is 0. The highest BCUT2D eigenvalue weighted by Gasteiger charge is 1.60. The van der Waals surface area contributed by atoms with E-state index in [0.717, 1.165) is 0 Å². The van der Waals surface area contributed by atoms with Gasteiger partial charge in [0.25, 0.3) is 0 Å². The summed E-state index contributed by atoms with van der Waals surface area (Å²) in [5.41, 5.74) is 0. The minimum atomic E-state index is 0. The molecule has 0 spiro atoms. The second-order valence-electron chi connectivity index (χ2n) is 1.29. The molecule has 0 aliphatic heterocycles. The van der Waals surface area contributed by atoms with Gasteiger partial charge in [-0.3, -0.25) is 0 Å². The van der Waals surface area contributed by atoms with Gasteiger partial charge in [-0.1, -0.05) is 47.3 Å². The van der Waals surface area contributed by atoms with E-state index in [4.69, 9.17) is 0 Å². The molecule has 0 heterocycles. The molecule has 0 nitrogen and oxygen atoms in total. The zero-order valence-electron chi connectivity index (χ0n) is 6.57. The quantitative estimate of drug-likeness (QED) is 0.495. The average molecular weight is 130 g/mol. The summed E-state index contributed by atoms with van der Waals surface area (Å²) in [7, 11) is 0. The molecule has 0 aromatic rings. The molecule has 0 bridgehead atoms. The molecule has 0 atom stereocenters. The van der Waals surface area contributed by atoms with Crippen molar-refractivity contribution in [2.45, 2.75) is 48.0 Å². The lowest BCUT2D eigenvalue weighted by molar-refractivity contribution is 1.16. The molecule has 0 unspecified atom stereocenters. The summed E-state index contributed by atoms with van der Waals surface area (Å²) in [6, 6.07) is 0. The molecule has 0 aliphatic carbocycles. The topological polar surface area (TPSA) is 0 Å². The first kappa shape index (κ1) is 15.9. The van der Waals surface area contributed by atoms with Gasteiger partial charge >= 0.3 is 0 Å². The van der Waals surface area contributed by atoms with E-state index in [1.54, 1.807) is 0 Å². The molecular weight excluding hydrogens is 108 g/mol. The van der Waals surface area contributed by atoms with E-state index in [1.807, 2.05) is 13.8 Å². The summed E-state index contributed by atoms with van der Waals surface area (Å²) >= 11 is 0. The Bertz CT molecular complexity index is 29.3. The molecule has 0 radical (unpaired) electrons. The van der Waals surface area contributed by atoms with Crippen molar-refractivity contribution in [2.75, 3.05) is 0 Å². The highest BCUT2D eigenvalue weighted by atomic mass is 13.7. The van der Waals surface area contributed by atoms with Crippen LogP contribution in [0.3, 0.4) is 0 Å². The van der Waals surface area contributed by atoms with Crippen LogP contribution in [0.15, 0.2) is 12.2 Å². The molecule has 0 saturated carbocycles. The Morgan fingerprint density at radius 1 is 0.889 bits per heavy atom. The van der Waals surface area contributed by atoms with Crippen LogP contribution in [-0.2, 0) is 0 Å². The SMILES string of the molecule is C.CC.CCC=CCC. The van der Waals surface area contributed by atoms with Gasteiger partial charge in [0, 0.05) is 0 Å². The zero-order valence-corrected chi connectivity index (χ0v) is 6.57. The van der Waals surface area contributed by atoms with Gasteiger partial charge in [0.2, 0.25) is 0 Å². The molecule has 0 aromatic carbocycles. The smallest absolute Gasteiger partial charge is 0.0379 e. The van der Waals surface area contributed by atoms with E-state index in [9.17, 15) is 0 Å². The van der Waals surface area contributed by atoms with Crippen molar-refractivity contribution >= 4 is 0 Å². The van der Waals surface area contributed by atoms with E-state index >= 15 is 0 Å². The van der Waals surface area contributed by atoms with Gasteiger partial charge in [-0.2, -0.15) is 0 Å². The Labute approximate surface area is 61.0 Å². The summed E-state index contributed by atoms with van der Waals surface area (Å²) in [6.45, 7) is 8.29. The molecular formula is C9H22. The van der Waals surface area contributed by atoms with Gasteiger partial charge in [0.1, 0.15) is 0 Å². The van der Waals surface area contributed by atoms with Crippen LogP contribution in [0.2, 0.25) is 0 Å². The van der Waals surface area contributed by atoms with Gasteiger partial charge in [-0.05, 0) is 12.8 Å². The largest absolute Gasteiger partial charge is 0.0888 e. The van der Waals surface area contributed by atoms with Crippen molar-refractivity contribution < 1.29 is 0 Å². The van der Waals surface area contributed by atoms with Crippen LogP contribution in [-0.4, -0.2) is 0 Å². The Morgan fingerprint density at radius 2 is 1.11 bits per heavy atom. The maximum absolute atomic E-state index is 2.18. The van der Waals surface area contributed by atoms with Crippen molar-refractivity contribution in [3.8, 4) is 0 Å². The van der Waals surface area contributed by atoms with Crippen LogP contribution in [0.4, 0.5) is 0 Å². The van der Waals surface area contributed by atoms with Gasteiger partial charge in [0.15, 0.2) is 0 Å². The van der Waals surface area contributed by atoms with Gasteiger partial charge in [-0.15, -0.1) is 0 Å². The molecule has 58 valence electrons. The maximum atomic E-state index is 2.18. The molecule has 0 amide bonds. The fourth-order valence-corrected chi connectivity index (χ4v) is 0.333. The molecule has 0 heteroatoms. The first-order valence-corrected chi connectivity index (χ1v) is 3.56. The second-order valence-corrected chi connectivity index (χ2v) is 1.29. The summed E-state index contributed by atoms with van der Waals surface area (Å²) in [6.07, 6.45) is 6.71. The second kappa shape index (κ2) is 25.1. The van der Waals surface area contributed by atoms with E-state index < -0.39 is 0 Å². The lowest BCUT2D eigenvalue weighted by Gasteiger charge is -1.72. The standard InChI is InChI=1S/C6H12.C2H6.CH4/c1-3-5-6-4-2;1-2;/h5-6H,3-4H2,1-2H3;1-2H3;1H4. The predicted molar refractivity (Wildman–Crippen MR) is 47.8 cm³/mol. The van der Waals surface area contributed by atoms with Crippen LogP contribution in [0.1, 0.15) is 48.0 Å². The molecule has 0 fully saturated rings. The van der Waals surface area contributed by atoms with Crippen molar-refractivity contribution in [2.24, 2.45) is 0 Å². The van der Waals surface area contributed by atoms with Gasteiger partial charge in [-0.25, -0.2) is 0 Å². The maximum Gasteiger partial charge on any atom is -0.0379 e. The fraction of sp³-hybridized carbons (Fsp3) is 0.778. The van der Waals surface area contributed by atoms with Crippen LogP contribution < -0.4 is 0 Å². The molecule has 9 heavy (non-hydrogen) atoms. The first-order chi connectivity index (χ1) is 3.91. The van der Waals surface area contributed by atoms with Crippen LogP contribution in [0.25, 0.3) is 0 Å². The highest BCUT2D eigenvalue weighted by Crippen LogP contribution is 1.81. The van der Waals surface area contributed by atoms with Crippen molar-refractivity contribution in [1.29, 1.82) is 0 Å². The monoisotopic (exact) mass is 130 g/mol. The molecule has 0 aromatic heterocycles. The van der Waals surface area contributed by atoms with E-state index in [0.29, 0.717) is 0 Å². The van der Waals surface area contributed by atoms with Gasteiger partial charge < -0.3 is 0 Å². The Hall–Kier alpha value is -0.260. The fourth-order valence-electron chi connectivity index (χ4n) is 0.333. The third-order valence-electron chi connectivity index (χ3n) is 0.638. The average Bonchev–Trinajstić information content (AvgIpc) is 1.88. The number of hydrogen-bond acceptors (Lipinski definition) is 0. The normalized spacial score (nSPS) is 7.56. The van der Waals surface area contributed by atoms with Crippen molar-refractivity contribution in [1.82, 2.24) is 0 Å². The number of rotatable bonds is 2. The summed E-state index contributed by atoms with van der Waals surface area (Å²) in [4.78, 5) is 0. The number of allylic oxidation sites excluding steroid dienone is 2. The van der Waals surface area contributed by atoms with Gasteiger partial charge in [0.05, 0.1) is 0 Å². The highest BCUT2D eigenvalue weighted by molar-refractivity contribution is 4.77. The minimum Gasteiger partial charge on any atom is -0.0888 e. The minimum absolute atomic E-state index is 0. The Kier molecular flexibility index (Phi) is 44.4. The molecule has 0 rings (SSSR count). The van der Waals surface area contributed by atoms with E-state index in [2.05, 4.69) is 26.0 Å². The number of hydrogen-bond donors (Lipinski definition) is 0. The predicted octanol–water partition coefficient (Wildman–Crippen LogP) is 4.02. The van der Waals surface area contributed by atoms with Crippen molar-refractivity contribution in [3.63, 3.8) is 0 Å². The van der Waals surface area contributed by atoms with Crippen LogP contribution >= 0.6 is 0 Å². The third kappa shape index (κ3) is 34.0. The Morgan fingerprint density at radius 3 is 1.22 bits per heavy atom. The summed E-state index contributed by atoms with van der Waals surface area (Å²) in [5, 5.41) is 0. The summed E-state index contributed by atoms with van der Waals surface area (Å²) in [5.74, 6) is 0. The molecule has 0 saturated heterocycles. The van der Waals surface area contributed by atoms with Crippen molar-refractivity contribution in [3.05, 3.63) is 12.2 Å².